The van der Waals surface area contributed by atoms with Crippen LogP contribution in [0.2, 0.25) is 5.02 Å². The van der Waals surface area contributed by atoms with Crippen molar-refractivity contribution in [2.24, 2.45) is 0 Å². The number of quaternary nitrogens is 1. The number of ether oxygens (including phenoxy) is 1. The van der Waals surface area contributed by atoms with E-state index < -0.39 is 0 Å². The topological polar surface area (TPSA) is 42.8 Å². The van der Waals surface area contributed by atoms with Gasteiger partial charge in [0.05, 0.1) is 24.7 Å². The predicted octanol–water partition coefficient (Wildman–Crippen LogP) is 3.56. The fourth-order valence-corrected chi connectivity index (χ4v) is 3.58. The molecule has 2 aromatic rings. The Morgan fingerprint density at radius 1 is 1.12 bits per heavy atom. The number of halogens is 1. The number of hydrogen-bond acceptors (Lipinski definition) is 2. The number of carbonyl (C=O) groups is 1. The van der Waals surface area contributed by atoms with Crippen LogP contribution in [0.3, 0.4) is 0 Å². The minimum atomic E-state index is -0.177. The molecule has 0 bridgehead atoms. The third-order valence-electron chi connectivity index (χ3n) is 4.72. The molecule has 0 atom stereocenters. The summed E-state index contributed by atoms with van der Waals surface area (Å²) in [6.07, 6.45) is 4.02. The molecular formula is C21H26ClN2O2+. The predicted molar refractivity (Wildman–Crippen MR) is 105 cm³/mol. The summed E-state index contributed by atoms with van der Waals surface area (Å²) in [6, 6.07) is 13.2. The van der Waals surface area contributed by atoms with E-state index in [1.165, 1.54) is 37.9 Å². The zero-order valence-corrected chi connectivity index (χ0v) is 15.9. The van der Waals surface area contributed by atoms with Crippen LogP contribution in [0.5, 0.6) is 5.75 Å². The Kier molecular flexibility index (Phi) is 6.53. The number of rotatable bonds is 6. The summed E-state index contributed by atoms with van der Waals surface area (Å²) in [5.41, 5.74) is 2.61. The molecule has 4 nitrogen and oxygen atoms in total. The van der Waals surface area contributed by atoms with Crippen molar-refractivity contribution in [1.82, 2.24) is 0 Å². The van der Waals surface area contributed by atoms with Crippen molar-refractivity contribution in [1.29, 1.82) is 0 Å². The first kappa shape index (κ1) is 18.7. The molecule has 1 amide bonds. The summed E-state index contributed by atoms with van der Waals surface area (Å²) in [6.45, 7) is 6.01. The van der Waals surface area contributed by atoms with Crippen molar-refractivity contribution >= 4 is 23.2 Å². The van der Waals surface area contributed by atoms with E-state index in [1.54, 1.807) is 23.1 Å². The molecule has 0 aromatic heterocycles. The van der Waals surface area contributed by atoms with E-state index in [2.05, 4.69) is 17.4 Å². The number of likely N-dealkylation sites (tertiary alicyclic amines) is 1. The Hall–Kier alpha value is -2.04. The number of carbonyl (C=O) groups excluding carboxylic acids is 1. The standard InChI is InChI=1S/C21H25ClN2O2/c1-2-26-20-11-8-17(14-19(20)22)21(25)23-18-9-6-16(7-10-18)15-24-12-4-3-5-13-24/h6-11,14H,2-5,12-13,15H2,1H3,(H,23,25)/p+1. The van der Waals surface area contributed by atoms with Crippen molar-refractivity contribution < 1.29 is 14.4 Å². The first-order valence-electron chi connectivity index (χ1n) is 9.32. The Morgan fingerprint density at radius 3 is 2.50 bits per heavy atom. The average Bonchev–Trinajstić information content (AvgIpc) is 2.66. The van der Waals surface area contributed by atoms with Gasteiger partial charge in [-0.2, -0.15) is 0 Å². The van der Waals surface area contributed by atoms with Crippen LogP contribution in [0.25, 0.3) is 0 Å². The van der Waals surface area contributed by atoms with E-state index in [0.29, 0.717) is 22.9 Å². The van der Waals surface area contributed by atoms with Gasteiger partial charge < -0.3 is 15.0 Å². The van der Waals surface area contributed by atoms with E-state index in [0.717, 1.165) is 12.2 Å². The van der Waals surface area contributed by atoms with Crippen molar-refractivity contribution in [2.75, 3.05) is 25.0 Å². The van der Waals surface area contributed by atoms with Crippen LogP contribution in [0.1, 0.15) is 42.1 Å². The summed E-state index contributed by atoms with van der Waals surface area (Å²) < 4.78 is 5.40. The molecule has 0 saturated carbocycles. The van der Waals surface area contributed by atoms with Gasteiger partial charge in [0.15, 0.2) is 0 Å². The molecule has 0 unspecified atom stereocenters. The van der Waals surface area contributed by atoms with Gasteiger partial charge in [0, 0.05) is 16.8 Å². The molecule has 0 spiro atoms. The molecule has 1 aliphatic heterocycles. The summed E-state index contributed by atoms with van der Waals surface area (Å²) in [5.74, 6) is 0.416. The lowest BCUT2D eigenvalue weighted by Gasteiger charge is -2.23. The third-order valence-corrected chi connectivity index (χ3v) is 5.02. The highest BCUT2D eigenvalue weighted by molar-refractivity contribution is 6.32. The molecule has 2 aromatic carbocycles. The first-order chi connectivity index (χ1) is 12.7. The first-order valence-corrected chi connectivity index (χ1v) is 9.69. The van der Waals surface area contributed by atoms with Crippen LogP contribution >= 0.6 is 11.6 Å². The fraction of sp³-hybridized carbons (Fsp3) is 0.381. The highest BCUT2D eigenvalue weighted by atomic mass is 35.5. The van der Waals surface area contributed by atoms with Crippen LogP contribution < -0.4 is 15.0 Å². The maximum atomic E-state index is 12.4. The largest absolute Gasteiger partial charge is 0.492 e. The second-order valence-electron chi connectivity index (χ2n) is 6.72. The number of amides is 1. The summed E-state index contributed by atoms with van der Waals surface area (Å²) in [4.78, 5) is 14.1. The Morgan fingerprint density at radius 2 is 1.85 bits per heavy atom. The second-order valence-corrected chi connectivity index (χ2v) is 7.12. The lowest BCUT2D eigenvalue weighted by Crippen LogP contribution is -3.11. The zero-order valence-electron chi connectivity index (χ0n) is 15.2. The Balaban J connectivity index is 1.59. The number of nitrogens with one attached hydrogen (secondary N) is 2. The molecule has 1 saturated heterocycles. The number of hydrogen-bond donors (Lipinski definition) is 2. The van der Waals surface area contributed by atoms with Gasteiger partial charge in [0.2, 0.25) is 0 Å². The van der Waals surface area contributed by atoms with E-state index in [9.17, 15) is 4.79 Å². The van der Waals surface area contributed by atoms with E-state index in [1.807, 2.05) is 19.1 Å². The van der Waals surface area contributed by atoms with Gasteiger partial charge in [-0.05, 0) is 56.5 Å². The molecule has 0 aliphatic carbocycles. The quantitative estimate of drug-likeness (QED) is 0.813. The van der Waals surface area contributed by atoms with Gasteiger partial charge in [0.1, 0.15) is 12.3 Å². The van der Waals surface area contributed by atoms with Gasteiger partial charge in [-0.3, -0.25) is 4.79 Å². The summed E-state index contributed by atoms with van der Waals surface area (Å²) in [7, 11) is 0. The Bertz CT molecular complexity index is 740. The molecule has 5 heteroatoms. The number of piperidine rings is 1. The average molecular weight is 374 g/mol. The lowest BCUT2D eigenvalue weighted by atomic mass is 10.1. The molecule has 3 rings (SSSR count). The highest BCUT2D eigenvalue weighted by Gasteiger charge is 2.14. The van der Waals surface area contributed by atoms with Gasteiger partial charge >= 0.3 is 0 Å². The van der Waals surface area contributed by atoms with Gasteiger partial charge in [-0.15, -0.1) is 0 Å². The van der Waals surface area contributed by atoms with Crippen LogP contribution in [-0.2, 0) is 6.54 Å². The van der Waals surface area contributed by atoms with Gasteiger partial charge in [-0.1, -0.05) is 23.7 Å². The van der Waals surface area contributed by atoms with Crippen molar-refractivity contribution in [3.05, 3.63) is 58.6 Å². The minimum absolute atomic E-state index is 0.177. The second kappa shape index (κ2) is 9.06. The van der Waals surface area contributed by atoms with Gasteiger partial charge in [-0.25, -0.2) is 0 Å². The van der Waals surface area contributed by atoms with Crippen LogP contribution in [0.4, 0.5) is 5.69 Å². The maximum absolute atomic E-state index is 12.4. The molecule has 1 heterocycles. The normalized spacial score (nSPS) is 14.8. The number of benzene rings is 2. The third kappa shape index (κ3) is 4.99. The van der Waals surface area contributed by atoms with Crippen LogP contribution in [-0.4, -0.2) is 25.6 Å². The number of anilines is 1. The molecular weight excluding hydrogens is 348 g/mol. The van der Waals surface area contributed by atoms with Gasteiger partial charge in [0.25, 0.3) is 5.91 Å². The van der Waals surface area contributed by atoms with E-state index in [4.69, 9.17) is 16.3 Å². The summed E-state index contributed by atoms with van der Waals surface area (Å²) in [5, 5.41) is 3.37. The monoisotopic (exact) mass is 373 g/mol. The lowest BCUT2D eigenvalue weighted by molar-refractivity contribution is -0.918. The smallest absolute Gasteiger partial charge is 0.255 e. The van der Waals surface area contributed by atoms with Crippen molar-refractivity contribution in [2.45, 2.75) is 32.7 Å². The molecule has 26 heavy (non-hydrogen) atoms. The maximum Gasteiger partial charge on any atom is 0.255 e. The molecule has 2 N–H and O–H groups in total. The molecule has 0 radical (unpaired) electrons. The van der Waals surface area contributed by atoms with E-state index >= 15 is 0 Å². The van der Waals surface area contributed by atoms with Crippen molar-refractivity contribution in [3.8, 4) is 5.75 Å². The van der Waals surface area contributed by atoms with E-state index in [-0.39, 0.29) is 5.91 Å². The minimum Gasteiger partial charge on any atom is -0.492 e. The molecule has 1 fully saturated rings. The molecule has 138 valence electrons. The Labute approximate surface area is 160 Å². The van der Waals surface area contributed by atoms with Crippen molar-refractivity contribution in [3.63, 3.8) is 0 Å². The fourth-order valence-electron chi connectivity index (χ4n) is 3.34. The summed E-state index contributed by atoms with van der Waals surface area (Å²) >= 11 is 6.16. The highest BCUT2D eigenvalue weighted by Crippen LogP contribution is 2.25. The SMILES string of the molecule is CCOc1ccc(C(=O)Nc2ccc(C[NH+]3CCCCC3)cc2)cc1Cl. The van der Waals surface area contributed by atoms with Crippen LogP contribution in [0, 0.1) is 0 Å². The molecule has 1 aliphatic rings. The van der Waals surface area contributed by atoms with Crippen LogP contribution in [0.15, 0.2) is 42.5 Å². The zero-order chi connectivity index (χ0) is 18.4.